The van der Waals surface area contributed by atoms with Gasteiger partial charge in [0, 0.05) is 12.8 Å². The fraction of sp³-hybridized carbons (Fsp3) is 0.185. The van der Waals surface area contributed by atoms with Gasteiger partial charge in [-0.1, -0.05) is 84.9 Å². The first-order valence-corrected chi connectivity index (χ1v) is 11.0. The smallest absolute Gasteiger partial charge is 0.363 e. The van der Waals surface area contributed by atoms with Crippen LogP contribution in [0.4, 0.5) is 19.0 Å². The van der Waals surface area contributed by atoms with Crippen molar-refractivity contribution < 1.29 is 18.0 Å². The minimum atomic E-state index is -4.48. The number of fused-ring (bicyclic) bond motifs is 1. The van der Waals surface area contributed by atoms with E-state index >= 15 is 0 Å². The number of nitrogens with one attached hydrogen (secondary N) is 1. The van der Waals surface area contributed by atoms with Crippen LogP contribution in [-0.2, 0) is 6.42 Å². The molecule has 1 aliphatic heterocycles. The molecule has 0 bridgehead atoms. The molecule has 1 aromatic heterocycles. The van der Waals surface area contributed by atoms with Gasteiger partial charge in [0.05, 0.1) is 17.8 Å². The summed E-state index contributed by atoms with van der Waals surface area (Å²) in [7, 11) is 0. The number of aromatic nitrogens is 2. The molecule has 1 N–H and O–H groups in total. The lowest BCUT2D eigenvalue weighted by atomic mass is 9.95. The van der Waals surface area contributed by atoms with E-state index in [1.54, 1.807) is 24.3 Å². The molecule has 7 heteroatoms. The summed E-state index contributed by atoms with van der Waals surface area (Å²) in [6.45, 7) is 0. The minimum absolute atomic E-state index is 0.0716. The fourth-order valence-corrected chi connectivity index (χ4v) is 4.40. The van der Waals surface area contributed by atoms with E-state index in [9.17, 15) is 18.0 Å². The first kappa shape index (κ1) is 21.9. The minimum Gasteiger partial charge on any atom is -0.363 e. The molecule has 5 rings (SSSR count). The topological polar surface area (TPSA) is 46.9 Å². The van der Waals surface area contributed by atoms with Gasteiger partial charge in [-0.15, -0.1) is 0 Å². The summed E-state index contributed by atoms with van der Waals surface area (Å²) in [5.74, 6) is -0.163. The van der Waals surface area contributed by atoms with Gasteiger partial charge in [-0.2, -0.15) is 18.3 Å². The van der Waals surface area contributed by atoms with Crippen molar-refractivity contribution >= 4 is 11.6 Å². The molecule has 0 aliphatic carbocycles. The van der Waals surface area contributed by atoms with Crippen molar-refractivity contribution in [3.8, 4) is 11.1 Å². The Morgan fingerprint density at radius 3 is 2.18 bits per heavy atom. The second kappa shape index (κ2) is 8.82. The zero-order chi connectivity index (χ0) is 23.7. The van der Waals surface area contributed by atoms with E-state index in [4.69, 9.17) is 0 Å². The second-order valence-electron chi connectivity index (χ2n) is 8.42. The number of ketones is 1. The molecule has 0 amide bonds. The predicted octanol–water partition coefficient (Wildman–Crippen LogP) is 6.64. The molecule has 2 heterocycles. The van der Waals surface area contributed by atoms with Crippen molar-refractivity contribution in [3.63, 3.8) is 0 Å². The Balaban J connectivity index is 1.41. The summed E-state index contributed by atoms with van der Waals surface area (Å²) >= 11 is 0. The van der Waals surface area contributed by atoms with Crippen LogP contribution in [0, 0.1) is 0 Å². The average molecular weight is 461 g/mol. The monoisotopic (exact) mass is 461 g/mol. The Morgan fingerprint density at radius 1 is 0.912 bits per heavy atom. The van der Waals surface area contributed by atoms with Crippen LogP contribution in [0.25, 0.3) is 11.1 Å². The normalized spacial score (nSPS) is 17.6. The van der Waals surface area contributed by atoms with Crippen molar-refractivity contribution in [1.82, 2.24) is 9.78 Å². The highest BCUT2D eigenvalue weighted by molar-refractivity contribution is 6.01. The molecule has 4 nitrogen and oxygen atoms in total. The third kappa shape index (κ3) is 4.33. The number of hydrogen-bond acceptors (Lipinski definition) is 3. The number of carbonyl (C=O) groups is 1. The number of Topliss-reactive ketones (excluding diaryl/α,β-unsaturated/α-hetero) is 1. The van der Waals surface area contributed by atoms with Gasteiger partial charge in [-0.3, -0.25) is 4.79 Å². The molecule has 2 atom stereocenters. The van der Waals surface area contributed by atoms with Gasteiger partial charge >= 0.3 is 6.18 Å². The van der Waals surface area contributed by atoms with Crippen LogP contribution in [0.2, 0.25) is 0 Å². The molecule has 4 aromatic rings. The molecular formula is C27H22F3N3O. The molecule has 0 saturated carbocycles. The van der Waals surface area contributed by atoms with Gasteiger partial charge in [-0.25, -0.2) is 4.68 Å². The Kier molecular flexibility index (Phi) is 5.69. The van der Waals surface area contributed by atoms with Crippen LogP contribution < -0.4 is 5.32 Å². The molecule has 0 saturated heterocycles. The molecule has 3 aromatic carbocycles. The van der Waals surface area contributed by atoms with Gasteiger partial charge in [0.1, 0.15) is 5.82 Å². The number of rotatable bonds is 5. The Labute approximate surface area is 195 Å². The van der Waals surface area contributed by atoms with E-state index in [2.05, 4.69) is 10.4 Å². The third-order valence-corrected chi connectivity index (χ3v) is 6.17. The van der Waals surface area contributed by atoms with Gasteiger partial charge in [-0.05, 0) is 22.3 Å². The van der Waals surface area contributed by atoms with E-state index in [1.165, 1.54) is 6.20 Å². The summed E-state index contributed by atoms with van der Waals surface area (Å²) in [6.07, 6.45) is -3.36. The zero-order valence-electron chi connectivity index (χ0n) is 18.2. The molecule has 0 spiro atoms. The number of nitrogens with zero attached hydrogens (tertiary/aromatic N) is 2. The van der Waals surface area contributed by atoms with E-state index in [-0.39, 0.29) is 30.0 Å². The SMILES string of the molecule is O=C(Cc1ccc(-c2ccccc2)cc1)c1cnn2c1N[C@@H](c1ccccc1)C[C@H]2C(F)(F)F. The second-order valence-corrected chi connectivity index (χ2v) is 8.42. The van der Waals surface area contributed by atoms with Gasteiger partial charge in [0.15, 0.2) is 11.8 Å². The largest absolute Gasteiger partial charge is 0.410 e. The summed E-state index contributed by atoms with van der Waals surface area (Å²) < 4.78 is 42.5. The molecule has 0 radical (unpaired) electrons. The van der Waals surface area contributed by atoms with Crippen molar-refractivity contribution in [3.05, 3.63) is 108 Å². The maximum atomic E-state index is 13.9. The van der Waals surface area contributed by atoms with Crippen LogP contribution in [0.15, 0.2) is 91.1 Å². The highest BCUT2D eigenvalue weighted by Gasteiger charge is 2.47. The van der Waals surface area contributed by atoms with Crippen molar-refractivity contribution in [1.29, 1.82) is 0 Å². The number of anilines is 1. The number of benzene rings is 3. The molecular weight excluding hydrogens is 439 g/mol. The number of carbonyl (C=O) groups excluding carboxylic acids is 1. The van der Waals surface area contributed by atoms with Crippen LogP contribution in [0.3, 0.4) is 0 Å². The Morgan fingerprint density at radius 2 is 1.53 bits per heavy atom. The molecule has 34 heavy (non-hydrogen) atoms. The summed E-state index contributed by atoms with van der Waals surface area (Å²) in [5.41, 5.74) is 3.79. The fourth-order valence-electron chi connectivity index (χ4n) is 4.40. The average Bonchev–Trinajstić information content (AvgIpc) is 3.28. The van der Waals surface area contributed by atoms with E-state index < -0.39 is 18.3 Å². The first-order chi connectivity index (χ1) is 16.4. The number of halogens is 3. The van der Waals surface area contributed by atoms with Gasteiger partial charge in [0.2, 0.25) is 0 Å². The van der Waals surface area contributed by atoms with Gasteiger partial charge < -0.3 is 5.32 Å². The lowest BCUT2D eigenvalue weighted by molar-refractivity contribution is -0.173. The van der Waals surface area contributed by atoms with Crippen LogP contribution in [0.5, 0.6) is 0 Å². The highest BCUT2D eigenvalue weighted by Crippen LogP contribution is 2.44. The summed E-state index contributed by atoms with van der Waals surface area (Å²) in [6, 6.07) is 24.1. The Bertz CT molecular complexity index is 1280. The first-order valence-electron chi connectivity index (χ1n) is 11.0. The van der Waals surface area contributed by atoms with Crippen LogP contribution >= 0.6 is 0 Å². The molecule has 1 aliphatic rings. The lowest BCUT2D eigenvalue weighted by Crippen LogP contribution is -2.36. The standard InChI is InChI=1S/C27H22F3N3O/c28-27(29,30)25-16-23(21-9-5-2-6-10-21)32-26-22(17-31-33(25)26)24(34)15-18-11-13-20(14-12-18)19-7-3-1-4-8-19/h1-14,17,23,25,32H,15-16H2/t23-,25+/m1/s1. The number of hydrogen-bond donors (Lipinski definition) is 1. The maximum absolute atomic E-state index is 13.9. The third-order valence-electron chi connectivity index (χ3n) is 6.17. The van der Waals surface area contributed by atoms with E-state index in [1.807, 2.05) is 60.7 Å². The van der Waals surface area contributed by atoms with Gasteiger partial charge in [0.25, 0.3) is 0 Å². The van der Waals surface area contributed by atoms with Crippen molar-refractivity contribution in [2.45, 2.75) is 31.1 Å². The van der Waals surface area contributed by atoms with Crippen LogP contribution in [0.1, 0.15) is 40.0 Å². The lowest BCUT2D eigenvalue weighted by Gasteiger charge is -2.34. The molecule has 172 valence electrons. The Hall–Kier alpha value is -3.87. The summed E-state index contributed by atoms with van der Waals surface area (Å²) in [4.78, 5) is 13.1. The molecule has 0 unspecified atom stereocenters. The van der Waals surface area contributed by atoms with E-state index in [0.29, 0.717) is 0 Å². The highest BCUT2D eigenvalue weighted by atomic mass is 19.4. The maximum Gasteiger partial charge on any atom is 0.410 e. The zero-order valence-corrected chi connectivity index (χ0v) is 18.2. The van der Waals surface area contributed by atoms with Crippen LogP contribution in [-0.4, -0.2) is 21.7 Å². The predicted molar refractivity (Wildman–Crippen MR) is 125 cm³/mol. The van der Waals surface area contributed by atoms with Crippen molar-refractivity contribution in [2.75, 3.05) is 5.32 Å². The molecule has 0 fully saturated rings. The quantitative estimate of drug-likeness (QED) is 0.339. The number of alkyl halides is 3. The van der Waals surface area contributed by atoms with E-state index in [0.717, 1.165) is 26.9 Å². The summed E-state index contributed by atoms with van der Waals surface area (Å²) in [5, 5.41) is 7.10. The van der Waals surface area contributed by atoms with Crippen molar-refractivity contribution in [2.24, 2.45) is 0 Å².